The van der Waals surface area contributed by atoms with Gasteiger partial charge in [0.25, 0.3) is 6.43 Å². The topological polar surface area (TPSA) is 75.3 Å². The molecule has 0 aliphatic carbocycles. The maximum atomic E-state index is 12.4. The zero-order valence-electron chi connectivity index (χ0n) is 7.00. The van der Waals surface area contributed by atoms with Crippen LogP contribution in [0.1, 0.15) is 22.3 Å². The summed E-state index contributed by atoms with van der Waals surface area (Å²) in [5.41, 5.74) is 1.47. The lowest BCUT2D eigenvalue weighted by Crippen LogP contribution is -2.10. The molecule has 1 rings (SSSR count). The number of nitrogen functional groups attached to an aromatic ring is 1. The van der Waals surface area contributed by atoms with Crippen LogP contribution in [0.4, 0.5) is 14.5 Å². The van der Waals surface area contributed by atoms with Crippen LogP contribution in [0.15, 0.2) is 18.2 Å². The summed E-state index contributed by atoms with van der Waals surface area (Å²) in [7, 11) is 0. The van der Waals surface area contributed by atoms with E-state index in [4.69, 9.17) is 10.9 Å². The van der Waals surface area contributed by atoms with Gasteiger partial charge in [-0.05, 0) is 18.2 Å². The number of hydrogen-bond acceptors (Lipinski definition) is 3. The minimum absolute atomic E-state index is 0.0185. The Morgan fingerprint density at radius 2 is 2.14 bits per heavy atom. The second kappa shape index (κ2) is 4.01. The van der Waals surface area contributed by atoms with Crippen LogP contribution < -0.4 is 11.3 Å². The number of alkyl halides is 2. The fourth-order valence-electron chi connectivity index (χ4n) is 1.01. The van der Waals surface area contributed by atoms with Gasteiger partial charge in [-0.25, -0.2) is 13.6 Å². The average Bonchev–Trinajstić information content (AvgIpc) is 2.16. The molecule has 0 spiro atoms. The van der Waals surface area contributed by atoms with Gasteiger partial charge in [0.1, 0.15) is 0 Å². The Labute approximate surface area is 78.3 Å². The third-order valence-corrected chi connectivity index (χ3v) is 1.69. The molecule has 0 heterocycles. The third-order valence-electron chi connectivity index (χ3n) is 1.69. The van der Waals surface area contributed by atoms with E-state index in [1.165, 1.54) is 12.1 Å². The van der Waals surface area contributed by atoms with Gasteiger partial charge in [-0.2, -0.15) is 0 Å². The number of rotatable bonds is 3. The second-order valence-corrected chi connectivity index (χ2v) is 2.55. The molecule has 0 aliphatic rings. The number of hydrogen-bond donors (Lipinski definition) is 3. The first-order valence-corrected chi connectivity index (χ1v) is 3.68. The van der Waals surface area contributed by atoms with E-state index in [0.717, 1.165) is 6.07 Å². The molecule has 0 amide bonds. The van der Waals surface area contributed by atoms with Crippen molar-refractivity contribution in [2.75, 3.05) is 5.43 Å². The third kappa shape index (κ3) is 1.97. The Hall–Kier alpha value is -1.69. The lowest BCUT2D eigenvalue weighted by Gasteiger charge is -2.08. The minimum atomic E-state index is -2.76. The standard InChI is InChI=1S/C8H8F2N2O2/c9-7(10)5-3-4(8(13)14)1-2-6(5)12-11/h1-3,7,12H,11H2,(H,13,14). The second-order valence-electron chi connectivity index (χ2n) is 2.55. The first kappa shape index (κ1) is 10.4. The number of halogens is 2. The van der Waals surface area contributed by atoms with Crippen LogP contribution in [0.3, 0.4) is 0 Å². The van der Waals surface area contributed by atoms with Crippen LogP contribution in [0.5, 0.6) is 0 Å². The average molecular weight is 202 g/mol. The number of carbonyl (C=O) groups is 1. The van der Waals surface area contributed by atoms with Crippen LogP contribution in [0, 0.1) is 0 Å². The van der Waals surface area contributed by atoms with Crippen molar-refractivity contribution < 1.29 is 18.7 Å². The summed E-state index contributed by atoms with van der Waals surface area (Å²) in [5, 5.41) is 8.56. The molecule has 4 N–H and O–H groups in total. The highest BCUT2D eigenvalue weighted by Crippen LogP contribution is 2.27. The Kier molecular flexibility index (Phi) is 2.98. The molecular weight excluding hydrogens is 194 g/mol. The predicted molar refractivity (Wildman–Crippen MR) is 46.2 cm³/mol. The summed E-state index contributed by atoms with van der Waals surface area (Å²) >= 11 is 0. The van der Waals surface area contributed by atoms with Crippen LogP contribution >= 0.6 is 0 Å². The first-order chi connectivity index (χ1) is 6.56. The van der Waals surface area contributed by atoms with E-state index in [-0.39, 0.29) is 11.3 Å². The highest BCUT2D eigenvalue weighted by atomic mass is 19.3. The monoisotopic (exact) mass is 202 g/mol. The van der Waals surface area contributed by atoms with Gasteiger partial charge in [0.2, 0.25) is 0 Å². The molecule has 0 bridgehead atoms. The van der Waals surface area contributed by atoms with E-state index in [2.05, 4.69) is 5.43 Å². The summed E-state index contributed by atoms with van der Waals surface area (Å²) in [6.45, 7) is 0. The lowest BCUT2D eigenvalue weighted by molar-refractivity contribution is 0.0696. The van der Waals surface area contributed by atoms with E-state index in [1.54, 1.807) is 0 Å². The maximum absolute atomic E-state index is 12.4. The molecule has 14 heavy (non-hydrogen) atoms. The van der Waals surface area contributed by atoms with Crippen molar-refractivity contribution >= 4 is 11.7 Å². The Morgan fingerprint density at radius 3 is 2.57 bits per heavy atom. The number of nitrogens with two attached hydrogens (primary N) is 1. The van der Waals surface area contributed by atoms with E-state index < -0.39 is 18.0 Å². The van der Waals surface area contributed by atoms with Gasteiger partial charge >= 0.3 is 5.97 Å². The van der Waals surface area contributed by atoms with Crippen molar-refractivity contribution in [1.29, 1.82) is 0 Å². The molecule has 0 radical (unpaired) electrons. The summed E-state index contributed by atoms with van der Waals surface area (Å²) in [6.07, 6.45) is -2.76. The molecule has 0 fully saturated rings. The quantitative estimate of drug-likeness (QED) is 0.514. The summed E-state index contributed by atoms with van der Waals surface area (Å²) in [6, 6.07) is 3.29. The fourth-order valence-corrected chi connectivity index (χ4v) is 1.01. The first-order valence-electron chi connectivity index (χ1n) is 3.68. The molecule has 0 unspecified atom stereocenters. The van der Waals surface area contributed by atoms with Gasteiger partial charge in [-0.15, -0.1) is 0 Å². The number of aromatic carboxylic acids is 1. The fraction of sp³-hybridized carbons (Fsp3) is 0.125. The highest BCUT2D eigenvalue weighted by Gasteiger charge is 2.15. The van der Waals surface area contributed by atoms with Crippen molar-refractivity contribution in [3.8, 4) is 0 Å². The predicted octanol–water partition coefficient (Wildman–Crippen LogP) is 1.61. The summed E-state index contributed by atoms with van der Waals surface area (Å²) < 4.78 is 24.7. The van der Waals surface area contributed by atoms with Gasteiger partial charge in [0.05, 0.1) is 11.3 Å². The van der Waals surface area contributed by atoms with Gasteiger partial charge in [-0.1, -0.05) is 0 Å². The van der Waals surface area contributed by atoms with Gasteiger partial charge in [0.15, 0.2) is 0 Å². The molecular formula is C8H8F2N2O2. The molecule has 4 nitrogen and oxygen atoms in total. The molecule has 1 aromatic carbocycles. The van der Waals surface area contributed by atoms with Gasteiger partial charge < -0.3 is 10.5 Å². The van der Waals surface area contributed by atoms with Crippen molar-refractivity contribution in [3.63, 3.8) is 0 Å². The van der Waals surface area contributed by atoms with Crippen molar-refractivity contribution in [3.05, 3.63) is 29.3 Å². The smallest absolute Gasteiger partial charge is 0.335 e. The van der Waals surface area contributed by atoms with Crippen molar-refractivity contribution in [2.24, 2.45) is 5.84 Å². The van der Waals surface area contributed by atoms with E-state index in [9.17, 15) is 13.6 Å². The Balaban J connectivity index is 3.20. The molecule has 6 heteroatoms. The van der Waals surface area contributed by atoms with Crippen molar-refractivity contribution in [2.45, 2.75) is 6.43 Å². The number of benzene rings is 1. The number of carboxylic acid groups (broad SMARTS) is 1. The number of hydrazine groups is 1. The molecule has 0 aromatic heterocycles. The molecule has 76 valence electrons. The number of carboxylic acids is 1. The zero-order chi connectivity index (χ0) is 10.7. The van der Waals surface area contributed by atoms with Crippen LogP contribution in [0.25, 0.3) is 0 Å². The molecule has 0 saturated heterocycles. The van der Waals surface area contributed by atoms with Gasteiger partial charge in [-0.3, -0.25) is 5.84 Å². The zero-order valence-corrected chi connectivity index (χ0v) is 7.00. The Morgan fingerprint density at radius 1 is 1.50 bits per heavy atom. The van der Waals surface area contributed by atoms with Crippen molar-refractivity contribution in [1.82, 2.24) is 0 Å². The van der Waals surface area contributed by atoms with Crippen LogP contribution in [-0.2, 0) is 0 Å². The molecule has 1 aromatic rings. The maximum Gasteiger partial charge on any atom is 0.335 e. The SMILES string of the molecule is NNc1ccc(C(=O)O)cc1C(F)F. The van der Waals surface area contributed by atoms with Gasteiger partial charge in [0, 0.05) is 5.56 Å². The van der Waals surface area contributed by atoms with Crippen LogP contribution in [-0.4, -0.2) is 11.1 Å². The van der Waals surface area contributed by atoms with E-state index >= 15 is 0 Å². The molecule has 0 saturated carbocycles. The minimum Gasteiger partial charge on any atom is -0.478 e. The number of nitrogens with one attached hydrogen (secondary N) is 1. The summed E-state index contributed by atoms with van der Waals surface area (Å²) in [5.74, 6) is 3.73. The summed E-state index contributed by atoms with van der Waals surface area (Å²) in [4.78, 5) is 10.5. The lowest BCUT2D eigenvalue weighted by atomic mass is 10.1. The largest absolute Gasteiger partial charge is 0.478 e. The molecule has 0 aliphatic heterocycles. The normalized spacial score (nSPS) is 10.3. The van der Waals surface area contributed by atoms with Crippen LogP contribution in [0.2, 0.25) is 0 Å². The Bertz CT molecular complexity index is 355. The number of anilines is 1. The molecule has 0 atom stereocenters. The highest BCUT2D eigenvalue weighted by molar-refractivity contribution is 5.88. The van der Waals surface area contributed by atoms with E-state index in [0.29, 0.717) is 0 Å². The van der Waals surface area contributed by atoms with E-state index in [1.807, 2.05) is 0 Å².